The molecule has 3 saturated carbocycles. The highest BCUT2D eigenvalue weighted by Gasteiger charge is 2.36. The molecule has 10 heavy (non-hydrogen) atoms. The molecule has 0 heterocycles. The minimum Gasteiger partial charge on any atom is -0.392 e. The Balaban J connectivity index is 2.19. The van der Waals surface area contributed by atoms with E-state index < -0.39 is 0 Å². The number of rotatable bonds is 0. The summed E-state index contributed by atoms with van der Waals surface area (Å²) >= 11 is 0. The average molecular weight is 139 g/mol. The van der Waals surface area contributed by atoms with Crippen LogP contribution in [0.15, 0.2) is 12.1 Å². The van der Waals surface area contributed by atoms with Crippen molar-refractivity contribution in [1.82, 2.24) is 0 Å². The van der Waals surface area contributed by atoms with Crippen molar-refractivity contribution >= 4 is 0 Å². The molecule has 0 saturated heterocycles. The van der Waals surface area contributed by atoms with Gasteiger partial charge in [0.15, 0.2) is 0 Å². The first kappa shape index (κ1) is 5.36. The summed E-state index contributed by atoms with van der Waals surface area (Å²) in [6.07, 6.45) is 4.28. The second-order valence-corrected chi connectivity index (χ2v) is 3.63. The number of hydrogen-bond donors (Lipinski definition) is 1. The Hall–Kier alpha value is -0.300. The highest BCUT2D eigenvalue weighted by Crippen LogP contribution is 2.43. The summed E-state index contributed by atoms with van der Waals surface area (Å²) in [7, 11) is 0. The average Bonchev–Trinajstić information content (AvgIpc) is 2.04. The van der Waals surface area contributed by atoms with E-state index >= 15 is 0 Å². The second-order valence-electron chi connectivity index (χ2n) is 3.63. The minimum absolute atomic E-state index is 0.140. The smallest absolute Gasteiger partial charge is 0.0608 e. The lowest BCUT2D eigenvalue weighted by Gasteiger charge is -2.41. The highest BCUT2D eigenvalue weighted by atomic mass is 16.3. The van der Waals surface area contributed by atoms with E-state index in [1.54, 1.807) is 0 Å². The first-order valence-electron chi connectivity index (χ1n) is 4.64. The Morgan fingerprint density at radius 1 is 1.60 bits per heavy atom. The maximum Gasteiger partial charge on any atom is 0.0608 e. The molecule has 3 fully saturated rings. The van der Waals surface area contributed by atoms with Gasteiger partial charge in [0.1, 0.15) is 0 Å². The van der Waals surface area contributed by atoms with E-state index in [0.717, 1.165) is 19.3 Å². The van der Waals surface area contributed by atoms with Crippen molar-refractivity contribution in [3.05, 3.63) is 12.1 Å². The van der Waals surface area contributed by atoms with Gasteiger partial charge in [-0.25, -0.2) is 0 Å². The molecule has 0 aromatic heterocycles. The number of aliphatic hydroxyl groups is 1. The summed E-state index contributed by atoms with van der Waals surface area (Å²) in [5, 5.41) is 9.58. The van der Waals surface area contributed by atoms with Crippen molar-refractivity contribution < 1.29 is 6.48 Å². The Kier molecular flexibility index (Phi) is 1.12. The van der Waals surface area contributed by atoms with Gasteiger partial charge in [-0.05, 0) is 31.6 Å². The summed E-state index contributed by atoms with van der Waals surface area (Å²) in [6, 6.07) is 0. The molecular formula is C9H14O. The Labute approximate surface area is 63.2 Å². The zero-order chi connectivity index (χ0) is 7.84. The van der Waals surface area contributed by atoms with E-state index in [9.17, 15) is 5.11 Å². The molecule has 0 spiro atoms. The van der Waals surface area contributed by atoms with E-state index in [1.807, 2.05) is 0 Å². The van der Waals surface area contributed by atoms with Gasteiger partial charge in [-0.1, -0.05) is 12.1 Å². The zero-order valence-corrected chi connectivity index (χ0v) is 6.09. The van der Waals surface area contributed by atoms with Gasteiger partial charge in [-0.15, -0.1) is 0 Å². The van der Waals surface area contributed by atoms with Crippen LogP contribution in [-0.2, 0) is 0 Å². The van der Waals surface area contributed by atoms with E-state index in [2.05, 4.69) is 0 Å². The third kappa shape index (κ3) is 0.807. The number of fused-ring (bicyclic) bond motifs is 3. The van der Waals surface area contributed by atoms with Crippen molar-refractivity contribution in [1.29, 1.82) is 0 Å². The van der Waals surface area contributed by atoms with Gasteiger partial charge in [-0.2, -0.15) is 0 Å². The fourth-order valence-corrected chi connectivity index (χ4v) is 2.33. The molecule has 0 amide bonds. The Bertz CT molecular complexity index is 188. The van der Waals surface area contributed by atoms with E-state index in [4.69, 9.17) is 1.37 Å². The molecule has 0 unspecified atom stereocenters. The molecular weight excluding hydrogens is 124 g/mol. The van der Waals surface area contributed by atoms with Gasteiger partial charge in [0.25, 0.3) is 0 Å². The molecule has 3 rings (SSSR count). The fraction of sp³-hybridized carbons (Fsp3) is 0.778. The summed E-state index contributed by atoms with van der Waals surface area (Å²) in [6.45, 7) is 1.46. The third-order valence-corrected chi connectivity index (χ3v) is 2.93. The van der Waals surface area contributed by atoms with Crippen LogP contribution < -0.4 is 0 Å². The largest absolute Gasteiger partial charge is 0.392 e. The molecule has 56 valence electrons. The predicted molar refractivity (Wildman–Crippen MR) is 40.6 cm³/mol. The van der Waals surface area contributed by atoms with E-state index in [0.29, 0.717) is 11.8 Å². The van der Waals surface area contributed by atoms with Crippen molar-refractivity contribution in [3.8, 4) is 0 Å². The van der Waals surface area contributed by atoms with Crippen LogP contribution >= 0.6 is 0 Å². The maximum absolute atomic E-state index is 9.58. The summed E-state index contributed by atoms with van der Waals surface area (Å²) in [5.41, 5.74) is 1.18. The lowest BCUT2D eigenvalue weighted by molar-refractivity contribution is 0.0352. The van der Waals surface area contributed by atoms with Crippen molar-refractivity contribution in [2.75, 3.05) is 0 Å². The van der Waals surface area contributed by atoms with Crippen LogP contribution in [0, 0.1) is 11.8 Å². The number of aliphatic hydroxyl groups excluding tert-OH is 1. The van der Waals surface area contributed by atoms with Crippen molar-refractivity contribution in [3.63, 3.8) is 0 Å². The first-order valence-corrected chi connectivity index (χ1v) is 4.06. The van der Waals surface area contributed by atoms with Gasteiger partial charge >= 0.3 is 0 Å². The van der Waals surface area contributed by atoms with Gasteiger partial charge < -0.3 is 5.11 Å². The molecule has 0 aromatic rings. The molecule has 2 bridgehead atoms. The Morgan fingerprint density at radius 3 is 3.00 bits per heavy atom. The van der Waals surface area contributed by atoms with E-state index in [1.165, 1.54) is 18.5 Å². The third-order valence-electron chi connectivity index (χ3n) is 2.93. The predicted octanol–water partition coefficient (Wildman–Crippen LogP) is 1.72. The van der Waals surface area contributed by atoms with Crippen LogP contribution in [0.3, 0.4) is 0 Å². The fourth-order valence-electron chi connectivity index (χ4n) is 2.33. The number of hydrogen-bond acceptors (Lipinski definition) is 1. The van der Waals surface area contributed by atoms with E-state index in [-0.39, 0.29) is 6.10 Å². The van der Waals surface area contributed by atoms with Crippen LogP contribution in [0.25, 0.3) is 0 Å². The van der Waals surface area contributed by atoms with Crippen LogP contribution in [0.1, 0.15) is 27.1 Å². The molecule has 3 atom stereocenters. The summed E-state index contributed by atoms with van der Waals surface area (Å²) < 4.78 is 7.17. The molecule has 1 nitrogen and oxygen atoms in total. The van der Waals surface area contributed by atoms with Gasteiger partial charge in [0, 0.05) is 5.92 Å². The SMILES string of the molecule is [2H]C=C1C[C@H]2CC[C@@H]1[C@H](O)C2. The molecule has 0 aliphatic heterocycles. The lowest BCUT2D eigenvalue weighted by Crippen LogP contribution is -2.36. The molecule has 0 aromatic carbocycles. The zero-order valence-electron chi connectivity index (χ0n) is 7.09. The maximum atomic E-state index is 9.58. The van der Waals surface area contributed by atoms with Crippen LogP contribution in [0.2, 0.25) is 0 Å². The standard InChI is InChI=1S/C9H14O/c1-6-4-7-2-3-8(6)9(10)5-7/h7-10H,1-5H2/t7-,8+,9-/m1/s1/i1D. The highest BCUT2D eigenvalue weighted by molar-refractivity contribution is 5.12. The van der Waals surface area contributed by atoms with Crippen LogP contribution in [0.5, 0.6) is 0 Å². The second kappa shape index (κ2) is 2.09. The van der Waals surface area contributed by atoms with Crippen molar-refractivity contribution in [2.24, 2.45) is 11.8 Å². The molecule has 1 heteroatoms. The first-order chi connectivity index (χ1) is 5.31. The van der Waals surface area contributed by atoms with Gasteiger partial charge in [0.2, 0.25) is 0 Å². The summed E-state index contributed by atoms with van der Waals surface area (Å²) in [4.78, 5) is 0. The minimum atomic E-state index is -0.140. The molecule has 0 radical (unpaired) electrons. The lowest BCUT2D eigenvalue weighted by atomic mass is 9.67. The molecule has 3 aliphatic rings. The molecule has 3 aliphatic carbocycles. The normalized spacial score (nSPS) is 51.5. The van der Waals surface area contributed by atoms with Crippen molar-refractivity contribution in [2.45, 2.75) is 31.8 Å². The van der Waals surface area contributed by atoms with Gasteiger partial charge in [-0.3, -0.25) is 0 Å². The van der Waals surface area contributed by atoms with Crippen LogP contribution in [-0.4, -0.2) is 11.2 Å². The molecule has 1 N–H and O–H groups in total. The Morgan fingerprint density at radius 2 is 2.50 bits per heavy atom. The van der Waals surface area contributed by atoms with Gasteiger partial charge in [0.05, 0.1) is 7.47 Å². The quantitative estimate of drug-likeness (QED) is 0.507. The topological polar surface area (TPSA) is 20.2 Å². The van der Waals surface area contributed by atoms with Crippen LogP contribution in [0.4, 0.5) is 0 Å². The summed E-state index contributed by atoms with van der Waals surface area (Å²) in [5.74, 6) is 1.00. The monoisotopic (exact) mass is 139 g/mol.